The summed E-state index contributed by atoms with van der Waals surface area (Å²) in [5.74, 6) is 5.59. The van der Waals surface area contributed by atoms with Crippen LogP contribution in [0.2, 0.25) is 0 Å². The van der Waals surface area contributed by atoms with Gasteiger partial charge >= 0.3 is 0 Å². The smallest absolute Gasteiger partial charge is 0.173 e. The van der Waals surface area contributed by atoms with Gasteiger partial charge in [0.15, 0.2) is 11.6 Å². The van der Waals surface area contributed by atoms with Crippen molar-refractivity contribution in [2.45, 2.75) is 39.2 Å². The van der Waals surface area contributed by atoms with Crippen molar-refractivity contribution in [2.75, 3.05) is 0 Å². The molecule has 112 valence electrons. The number of benzene rings is 1. The maximum absolute atomic E-state index is 13.7. The number of hydrazine groups is 1. The fraction of sp³-hybridized carbons (Fsp3) is 0.600. The lowest BCUT2D eigenvalue weighted by atomic mass is 9.72. The molecule has 1 aliphatic carbocycles. The molecule has 3 unspecified atom stereocenters. The number of rotatable bonds is 3. The van der Waals surface area contributed by atoms with Crippen LogP contribution in [-0.2, 0) is 0 Å². The van der Waals surface area contributed by atoms with Crippen molar-refractivity contribution in [3.05, 3.63) is 33.8 Å². The molecule has 1 fully saturated rings. The van der Waals surface area contributed by atoms with E-state index >= 15 is 0 Å². The topological polar surface area (TPSA) is 38.0 Å². The quantitative estimate of drug-likeness (QED) is 0.486. The Balaban J connectivity index is 2.30. The first-order valence-corrected chi connectivity index (χ1v) is 7.82. The van der Waals surface area contributed by atoms with Gasteiger partial charge in [0.05, 0.1) is 10.5 Å². The lowest BCUT2D eigenvalue weighted by molar-refractivity contribution is 0.176. The Morgan fingerprint density at radius 3 is 2.35 bits per heavy atom. The van der Waals surface area contributed by atoms with Crippen molar-refractivity contribution >= 4 is 15.9 Å². The predicted octanol–water partition coefficient (Wildman–Crippen LogP) is 4.30. The van der Waals surface area contributed by atoms with Crippen molar-refractivity contribution in [1.29, 1.82) is 0 Å². The number of nitrogens with one attached hydrogen (secondary N) is 1. The van der Waals surface area contributed by atoms with Gasteiger partial charge in [0.25, 0.3) is 0 Å². The van der Waals surface area contributed by atoms with E-state index in [2.05, 4.69) is 35.2 Å². The van der Waals surface area contributed by atoms with Crippen molar-refractivity contribution in [2.24, 2.45) is 23.6 Å². The van der Waals surface area contributed by atoms with Gasteiger partial charge in [0.1, 0.15) is 0 Å². The van der Waals surface area contributed by atoms with E-state index in [1.807, 2.05) is 0 Å². The molecule has 5 heteroatoms. The molecule has 20 heavy (non-hydrogen) atoms. The maximum Gasteiger partial charge on any atom is 0.173 e. The minimum absolute atomic E-state index is 0.162. The highest BCUT2D eigenvalue weighted by Gasteiger charge is 2.32. The maximum atomic E-state index is 13.7. The molecule has 3 atom stereocenters. The number of hydrogen-bond acceptors (Lipinski definition) is 2. The van der Waals surface area contributed by atoms with Gasteiger partial charge in [-0.25, -0.2) is 8.78 Å². The second-order valence-electron chi connectivity index (χ2n) is 6.09. The molecule has 0 aromatic heterocycles. The highest BCUT2D eigenvalue weighted by atomic mass is 79.9. The SMILES string of the molecule is CC1CC(C)CC(C(NN)c2ccc(F)c(F)c2Br)C1. The van der Waals surface area contributed by atoms with E-state index < -0.39 is 11.6 Å². The first kappa shape index (κ1) is 15.9. The van der Waals surface area contributed by atoms with Gasteiger partial charge in [-0.15, -0.1) is 0 Å². The summed E-state index contributed by atoms with van der Waals surface area (Å²) in [6, 6.07) is 2.61. The van der Waals surface area contributed by atoms with E-state index in [-0.39, 0.29) is 10.5 Å². The zero-order valence-electron chi connectivity index (χ0n) is 11.8. The summed E-state index contributed by atoms with van der Waals surface area (Å²) >= 11 is 3.16. The summed E-state index contributed by atoms with van der Waals surface area (Å²) in [6.07, 6.45) is 3.31. The summed E-state index contributed by atoms with van der Waals surface area (Å²) in [7, 11) is 0. The largest absolute Gasteiger partial charge is 0.271 e. The molecular weight excluding hydrogens is 326 g/mol. The molecule has 0 amide bonds. The molecule has 1 saturated carbocycles. The third kappa shape index (κ3) is 3.21. The molecule has 1 aliphatic rings. The average molecular weight is 347 g/mol. The molecule has 0 bridgehead atoms. The molecule has 2 rings (SSSR count). The predicted molar refractivity (Wildman–Crippen MR) is 79.8 cm³/mol. The highest BCUT2D eigenvalue weighted by Crippen LogP contribution is 2.41. The molecule has 3 N–H and O–H groups in total. The number of halogens is 3. The van der Waals surface area contributed by atoms with Gasteiger partial charge in [-0.2, -0.15) is 0 Å². The number of hydrogen-bond donors (Lipinski definition) is 2. The minimum Gasteiger partial charge on any atom is -0.271 e. The molecule has 1 aromatic rings. The molecule has 0 radical (unpaired) electrons. The first-order chi connectivity index (χ1) is 9.43. The Morgan fingerprint density at radius 2 is 1.80 bits per heavy atom. The lowest BCUT2D eigenvalue weighted by Gasteiger charge is -2.36. The molecule has 0 saturated heterocycles. The zero-order chi connectivity index (χ0) is 14.9. The Morgan fingerprint density at radius 1 is 1.20 bits per heavy atom. The van der Waals surface area contributed by atoms with E-state index in [9.17, 15) is 8.78 Å². The molecule has 0 heterocycles. The van der Waals surface area contributed by atoms with Gasteiger partial charge in [0, 0.05) is 0 Å². The van der Waals surface area contributed by atoms with Crippen LogP contribution in [0.25, 0.3) is 0 Å². The lowest BCUT2D eigenvalue weighted by Crippen LogP contribution is -2.37. The fourth-order valence-electron chi connectivity index (χ4n) is 3.54. The molecule has 0 aliphatic heterocycles. The monoisotopic (exact) mass is 346 g/mol. The average Bonchev–Trinajstić information content (AvgIpc) is 2.38. The van der Waals surface area contributed by atoms with Crippen LogP contribution in [0.15, 0.2) is 16.6 Å². The summed E-state index contributed by atoms with van der Waals surface area (Å²) in [5, 5.41) is 0. The standard InChI is InChI=1S/C15H21BrF2N2/c1-8-5-9(2)7-10(6-8)15(20-19)11-3-4-12(17)14(18)13(11)16/h3-4,8-10,15,20H,5-7,19H2,1-2H3. The van der Waals surface area contributed by atoms with Crippen molar-refractivity contribution in [3.63, 3.8) is 0 Å². The van der Waals surface area contributed by atoms with Gasteiger partial charge in [0.2, 0.25) is 0 Å². The van der Waals surface area contributed by atoms with Crippen molar-refractivity contribution in [3.8, 4) is 0 Å². The molecule has 2 nitrogen and oxygen atoms in total. The van der Waals surface area contributed by atoms with Crippen LogP contribution in [0.4, 0.5) is 8.78 Å². The summed E-state index contributed by atoms with van der Waals surface area (Å²) in [5.41, 5.74) is 3.49. The van der Waals surface area contributed by atoms with Gasteiger partial charge in [-0.05, 0) is 64.6 Å². The second-order valence-corrected chi connectivity index (χ2v) is 6.88. The Hall–Kier alpha value is -0.520. The van der Waals surface area contributed by atoms with Crippen LogP contribution in [0.5, 0.6) is 0 Å². The van der Waals surface area contributed by atoms with Crippen LogP contribution in [-0.4, -0.2) is 0 Å². The summed E-state index contributed by atoms with van der Waals surface area (Å²) in [6.45, 7) is 4.47. The highest BCUT2D eigenvalue weighted by molar-refractivity contribution is 9.10. The van der Waals surface area contributed by atoms with E-state index in [1.165, 1.54) is 6.42 Å². The molecule has 0 spiro atoms. The normalized spacial score (nSPS) is 28.4. The van der Waals surface area contributed by atoms with E-state index in [1.54, 1.807) is 6.07 Å². The third-order valence-corrected chi connectivity index (χ3v) is 5.07. The third-order valence-electron chi connectivity index (χ3n) is 4.27. The summed E-state index contributed by atoms with van der Waals surface area (Å²) in [4.78, 5) is 0. The van der Waals surface area contributed by atoms with Crippen LogP contribution < -0.4 is 11.3 Å². The van der Waals surface area contributed by atoms with Crippen LogP contribution in [0.3, 0.4) is 0 Å². The van der Waals surface area contributed by atoms with E-state index in [4.69, 9.17) is 5.84 Å². The Bertz CT molecular complexity index is 471. The summed E-state index contributed by atoms with van der Waals surface area (Å²) < 4.78 is 27.1. The fourth-order valence-corrected chi connectivity index (χ4v) is 4.11. The van der Waals surface area contributed by atoms with E-state index in [0.717, 1.165) is 18.9 Å². The first-order valence-electron chi connectivity index (χ1n) is 7.03. The van der Waals surface area contributed by atoms with Crippen LogP contribution >= 0.6 is 15.9 Å². The second kappa shape index (κ2) is 6.50. The van der Waals surface area contributed by atoms with E-state index in [0.29, 0.717) is 23.3 Å². The zero-order valence-corrected chi connectivity index (χ0v) is 13.4. The van der Waals surface area contributed by atoms with Gasteiger partial charge in [-0.3, -0.25) is 11.3 Å². The van der Waals surface area contributed by atoms with Crippen LogP contribution in [0, 0.1) is 29.4 Å². The Labute approximate surface area is 127 Å². The van der Waals surface area contributed by atoms with Crippen molar-refractivity contribution in [1.82, 2.24) is 5.43 Å². The molecular formula is C15H21BrF2N2. The van der Waals surface area contributed by atoms with Crippen LogP contribution in [0.1, 0.15) is 44.7 Å². The van der Waals surface area contributed by atoms with Crippen molar-refractivity contribution < 1.29 is 8.78 Å². The van der Waals surface area contributed by atoms with Gasteiger partial charge in [-0.1, -0.05) is 19.9 Å². The minimum atomic E-state index is -0.848. The molecule has 1 aromatic carbocycles. The number of nitrogens with two attached hydrogens (primary N) is 1. The Kier molecular flexibility index (Phi) is 5.15. The van der Waals surface area contributed by atoms with Gasteiger partial charge < -0.3 is 0 Å².